The number of nitrogens with one attached hydrogen (secondary N) is 2. The molecule has 5 aromatic rings. The number of rotatable bonds is 11. The first-order valence-corrected chi connectivity index (χ1v) is 13.9. The first-order valence-electron chi connectivity index (χ1n) is 13.9. The number of pyridine rings is 1. The number of hydrogen-bond acceptors (Lipinski definition) is 4. The molecule has 0 bridgehead atoms. The molecule has 0 fully saturated rings. The summed E-state index contributed by atoms with van der Waals surface area (Å²) in [6.07, 6.45) is 1.02. The van der Waals surface area contributed by atoms with E-state index in [9.17, 15) is 9.59 Å². The summed E-state index contributed by atoms with van der Waals surface area (Å²) >= 11 is 0. The first kappa shape index (κ1) is 27.6. The van der Waals surface area contributed by atoms with Crippen molar-refractivity contribution in [2.24, 2.45) is 0 Å². The summed E-state index contributed by atoms with van der Waals surface area (Å²) in [4.78, 5) is 31.5. The van der Waals surface area contributed by atoms with Crippen LogP contribution >= 0.6 is 0 Å². The Kier molecular flexibility index (Phi) is 9.01. The normalized spacial score (nSPS) is 11.5. The Balaban J connectivity index is 1.46. The Hall–Kier alpha value is -4.97. The summed E-state index contributed by atoms with van der Waals surface area (Å²) < 4.78 is 6.34. The third-order valence-electron chi connectivity index (χ3n) is 6.92. The monoisotopic (exact) mass is 543 g/mol. The van der Waals surface area contributed by atoms with E-state index in [-0.39, 0.29) is 31.0 Å². The van der Waals surface area contributed by atoms with Crippen LogP contribution < -0.4 is 15.4 Å². The van der Waals surface area contributed by atoms with Crippen molar-refractivity contribution in [1.29, 1.82) is 0 Å². The second kappa shape index (κ2) is 13.4. The molecule has 5 rings (SSSR count). The van der Waals surface area contributed by atoms with Crippen molar-refractivity contribution in [2.45, 2.75) is 25.8 Å². The zero-order valence-corrected chi connectivity index (χ0v) is 23.0. The molecule has 4 aromatic carbocycles. The van der Waals surface area contributed by atoms with Crippen molar-refractivity contribution in [3.05, 3.63) is 132 Å². The van der Waals surface area contributed by atoms with E-state index in [0.29, 0.717) is 34.3 Å². The number of carbonyl (C=O) groups excluding carboxylic acids is 2. The van der Waals surface area contributed by atoms with Crippen molar-refractivity contribution in [3.63, 3.8) is 0 Å². The van der Waals surface area contributed by atoms with Gasteiger partial charge in [0.1, 0.15) is 12.3 Å². The van der Waals surface area contributed by atoms with Crippen LogP contribution in [-0.4, -0.2) is 29.9 Å². The molecule has 0 aliphatic heterocycles. The Morgan fingerprint density at radius 1 is 0.805 bits per heavy atom. The molecule has 1 atom stereocenters. The number of fused-ring (bicyclic) bond motifs is 1. The van der Waals surface area contributed by atoms with Gasteiger partial charge in [-0.1, -0.05) is 116 Å². The average Bonchev–Trinajstić information content (AvgIpc) is 3.02. The summed E-state index contributed by atoms with van der Waals surface area (Å²) in [5.41, 5.74) is 4.53. The summed E-state index contributed by atoms with van der Waals surface area (Å²) in [5, 5.41) is 6.86. The van der Waals surface area contributed by atoms with Gasteiger partial charge in [-0.05, 0) is 23.6 Å². The van der Waals surface area contributed by atoms with Crippen LogP contribution in [0.2, 0.25) is 0 Å². The van der Waals surface area contributed by atoms with Gasteiger partial charge in [0.25, 0.3) is 5.91 Å². The standard InChI is InChI=1S/C35H33N3O3/c1-2-29(26-16-8-4-9-17-26)38-35(40)32-28-20-12-13-21-30(28)37-33(27-18-10-5-11-19-27)34(32)41-23-22-36-31(39)24-25-14-6-3-7-15-25/h3-21,29H,2,22-24H2,1H3,(H,36,39)(H,38,40). The number of nitrogens with zero attached hydrogens (tertiary/aromatic N) is 1. The molecule has 0 aliphatic rings. The summed E-state index contributed by atoms with van der Waals surface area (Å²) in [5.74, 6) is 0.0681. The third-order valence-corrected chi connectivity index (χ3v) is 6.92. The lowest BCUT2D eigenvalue weighted by atomic mass is 10.00. The van der Waals surface area contributed by atoms with E-state index in [1.54, 1.807) is 0 Å². The molecule has 1 aromatic heterocycles. The van der Waals surface area contributed by atoms with Crippen molar-refractivity contribution in [1.82, 2.24) is 15.6 Å². The second-order valence-corrected chi connectivity index (χ2v) is 9.75. The molecule has 0 saturated carbocycles. The molecule has 2 amide bonds. The highest BCUT2D eigenvalue weighted by Gasteiger charge is 2.25. The Bertz CT molecular complexity index is 1610. The van der Waals surface area contributed by atoms with Crippen molar-refractivity contribution < 1.29 is 14.3 Å². The number of aromatic nitrogens is 1. The van der Waals surface area contributed by atoms with Crippen LogP contribution in [0.1, 0.15) is 40.9 Å². The molecule has 0 saturated heterocycles. The van der Waals surface area contributed by atoms with Crippen molar-refractivity contribution in [3.8, 4) is 17.0 Å². The van der Waals surface area contributed by atoms with Gasteiger partial charge >= 0.3 is 0 Å². The molecule has 2 N–H and O–H groups in total. The zero-order valence-electron chi connectivity index (χ0n) is 23.0. The smallest absolute Gasteiger partial charge is 0.256 e. The maximum atomic E-state index is 14.1. The molecule has 0 spiro atoms. The van der Waals surface area contributed by atoms with Crippen LogP contribution in [0.15, 0.2) is 115 Å². The van der Waals surface area contributed by atoms with Crippen LogP contribution in [0, 0.1) is 0 Å². The minimum absolute atomic E-state index is 0.0914. The Labute approximate surface area is 240 Å². The molecule has 206 valence electrons. The molecule has 1 heterocycles. The van der Waals surface area contributed by atoms with Gasteiger partial charge in [0.05, 0.1) is 30.1 Å². The molecule has 0 radical (unpaired) electrons. The highest BCUT2D eigenvalue weighted by Crippen LogP contribution is 2.37. The second-order valence-electron chi connectivity index (χ2n) is 9.75. The predicted octanol–water partition coefficient (Wildman–Crippen LogP) is 6.52. The van der Waals surface area contributed by atoms with Gasteiger partial charge in [0.15, 0.2) is 5.75 Å². The van der Waals surface area contributed by atoms with Gasteiger partial charge in [0.2, 0.25) is 5.91 Å². The molecule has 6 heteroatoms. The lowest BCUT2D eigenvalue weighted by Gasteiger charge is -2.21. The summed E-state index contributed by atoms with van der Waals surface area (Å²) in [6.45, 7) is 2.51. The van der Waals surface area contributed by atoms with E-state index < -0.39 is 0 Å². The molecule has 41 heavy (non-hydrogen) atoms. The molecular weight excluding hydrogens is 510 g/mol. The number of benzene rings is 4. The van der Waals surface area contributed by atoms with E-state index in [1.807, 2.05) is 122 Å². The quantitative estimate of drug-likeness (QED) is 0.186. The fourth-order valence-electron chi connectivity index (χ4n) is 4.88. The number of ether oxygens (including phenoxy) is 1. The third kappa shape index (κ3) is 6.79. The Morgan fingerprint density at radius 2 is 1.44 bits per heavy atom. The highest BCUT2D eigenvalue weighted by molar-refractivity contribution is 6.10. The van der Waals surface area contributed by atoms with Crippen molar-refractivity contribution >= 4 is 22.7 Å². The van der Waals surface area contributed by atoms with E-state index in [0.717, 1.165) is 23.1 Å². The van der Waals surface area contributed by atoms with E-state index in [1.165, 1.54) is 0 Å². The maximum Gasteiger partial charge on any atom is 0.256 e. The Morgan fingerprint density at radius 3 is 2.15 bits per heavy atom. The number of amides is 2. The maximum absolute atomic E-state index is 14.1. The average molecular weight is 544 g/mol. The fourth-order valence-corrected chi connectivity index (χ4v) is 4.88. The molecular formula is C35H33N3O3. The number of hydrogen-bond donors (Lipinski definition) is 2. The minimum atomic E-state index is -0.236. The van der Waals surface area contributed by atoms with Crippen LogP contribution in [-0.2, 0) is 11.2 Å². The van der Waals surface area contributed by atoms with E-state index >= 15 is 0 Å². The SMILES string of the molecule is CCC(NC(=O)c1c(OCCNC(=O)Cc2ccccc2)c(-c2ccccc2)nc2ccccc12)c1ccccc1. The van der Waals surface area contributed by atoms with Crippen LogP contribution in [0.3, 0.4) is 0 Å². The van der Waals surface area contributed by atoms with Crippen LogP contribution in [0.25, 0.3) is 22.2 Å². The molecule has 1 unspecified atom stereocenters. The largest absolute Gasteiger partial charge is 0.489 e. The lowest BCUT2D eigenvalue weighted by Crippen LogP contribution is -2.31. The van der Waals surface area contributed by atoms with E-state index in [4.69, 9.17) is 9.72 Å². The lowest BCUT2D eigenvalue weighted by molar-refractivity contribution is -0.120. The van der Waals surface area contributed by atoms with Gasteiger partial charge in [-0.25, -0.2) is 4.98 Å². The van der Waals surface area contributed by atoms with Crippen LogP contribution in [0.4, 0.5) is 0 Å². The summed E-state index contributed by atoms with van der Waals surface area (Å²) in [6, 6.07) is 36.7. The van der Waals surface area contributed by atoms with Crippen LogP contribution in [0.5, 0.6) is 5.75 Å². The molecule has 6 nitrogen and oxygen atoms in total. The number of carbonyl (C=O) groups is 2. The zero-order chi connectivity index (χ0) is 28.4. The van der Waals surface area contributed by atoms with E-state index in [2.05, 4.69) is 10.6 Å². The van der Waals surface area contributed by atoms with Gasteiger partial charge in [-0.2, -0.15) is 0 Å². The summed E-state index contributed by atoms with van der Waals surface area (Å²) in [7, 11) is 0. The van der Waals surface area contributed by atoms with Crippen molar-refractivity contribution in [2.75, 3.05) is 13.2 Å². The minimum Gasteiger partial charge on any atom is -0.489 e. The first-order chi connectivity index (χ1) is 20.1. The topological polar surface area (TPSA) is 80.3 Å². The fraction of sp³-hybridized carbons (Fsp3) is 0.171. The van der Waals surface area contributed by atoms with Gasteiger partial charge in [-0.15, -0.1) is 0 Å². The highest BCUT2D eigenvalue weighted by atomic mass is 16.5. The molecule has 0 aliphatic carbocycles. The van der Waals surface area contributed by atoms with Gasteiger partial charge in [0, 0.05) is 10.9 Å². The number of para-hydroxylation sites is 1. The van der Waals surface area contributed by atoms with Gasteiger partial charge in [-0.3, -0.25) is 9.59 Å². The predicted molar refractivity (Wildman–Crippen MR) is 163 cm³/mol. The van der Waals surface area contributed by atoms with Gasteiger partial charge < -0.3 is 15.4 Å².